The van der Waals surface area contributed by atoms with Crippen LogP contribution in [0, 0.1) is 13.8 Å². The van der Waals surface area contributed by atoms with Crippen LogP contribution in [0.5, 0.6) is 0 Å². The fourth-order valence-corrected chi connectivity index (χ4v) is 2.12. The van der Waals surface area contributed by atoms with E-state index in [0.29, 0.717) is 10.7 Å². The molecule has 0 saturated carbocycles. The van der Waals surface area contributed by atoms with E-state index in [1.165, 1.54) is 6.92 Å². The Balaban J connectivity index is 3.29. The molecule has 1 aromatic rings. The molecule has 0 aromatic heterocycles. The maximum Gasteiger partial charge on any atom is 0.221 e. The molecule has 0 fully saturated rings. The normalized spacial score (nSPS) is 10.1. The van der Waals surface area contributed by atoms with Crippen molar-refractivity contribution in [1.82, 2.24) is 0 Å². The van der Waals surface area contributed by atoms with Gasteiger partial charge in [0.15, 0.2) is 0 Å². The molecule has 2 nitrogen and oxygen atoms in total. The second kappa shape index (κ2) is 4.32. The number of hydrogen-bond acceptors (Lipinski definition) is 1. The molecule has 76 valence electrons. The maximum absolute atomic E-state index is 10.9. The lowest BCUT2D eigenvalue weighted by atomic mass is 10.1. The Labute approximate surface area is 96.8 Å². The summed E-state index contributed by atoms with van der Waals surface area (Å²) in [6.07, 6.45) is 0. The molecule has 1 rings (SSSR count). The molecule has 1 aromatic carbocycles. The van der Waals surface area contributed by atoms with Crippen molar-refractivity contribution in [3.63, 3.8) is 0 Å². The number of amides is 1. The highest BCUT2D eigenvalue weighted by Crippen LogP contribution is 2.34. The largest absolute Gasteiger partial charge is 0.325 e. The highest BCUT2D eigenvalue weighted by molar-refractivity contribution is 9.10. The number of aryl methyl sites for hydroxylation is 1. The molecule has 0 atom stereocenters. The summed E-state index contributed by atoms with van der Waals surface area (Å²) >= 11 is 9.50. The Hall–Kier alpha value is -0.540. The van der Waals surface area contributed by atoms with Crippen LogP contribution in [-0.2, 0) is 4.79 Å². The molecule has 0 unspecified atom stereocenters. The van der Waals surface area contributed by atoms with Gasteiger partial charge in [-0.3, -0.25) is 4.79 Å². The third-order valence-electron chi connectivity index (χ3n) is 1.95. The van der Waals surface area contributed by atoms with Gasteiger partial charge in [-0.15, -0.1) is 0 Å². The van der Waals surface area contributed by atoms with Crippen molar-refractivity contribution >= 4 is 39.1 Å². The van der Waals surface area contributed by atoms with Crippen LogP contribution in [0.2, 0.25) is 5.02 Å². The maximum atomic E-state index is 10.9. The molecule has 14 heavy (non-hydrogen) atoms. The van der Waals surface area contributed by atoms with Crippen molar-refractivity contribution in [1.29, 1.82) is 0 Å². The summed E-state index contributed by atoms with van der Waals surface area (Å²) in [7, 11) is 0. The van der Waals surface area contributed by atoms with Crippen LogP contribution in [-0.4, -0.2) is 5.91 Å². The highest BCUT2D eigenvalue weighted by Gasteiger charge is 2.11. The van der Waals surface area contributed by atoms with Crippen molar-refractivity contribution in [2.45, 2.75) is 20.8 Å². The number of rotatable bonds is 1. The summed E-state index contributed by atoms with van der Waals surface area (Å²) in [5.74, 6) is -0.114. The van der Waals surface area contributed by atoms with Crippen molar-refractivity contribution < 1.29 is 4.79 Å². The first-order chi connectivity index (χ1) is 6.43. The van der Waals surface area contributed by atoms with Gasteiger partial charge in [0.25, 0.3) is 0 Å². The average molecular weight is 277 g/mol. The number of hydrogen-bond donors (Lipinski definition) is 1. The molecular weight excluding hydrogens is 265 g/mol. The monoisotopic (exact) mass is 275 g/mol. The number of nitrogens with one attached hydrogen (secondary N) is 1. The summed E-state index contributed by atoms with van der Waals surface area (Å²) in [4.78, 5) is 10.9. The first-order valence-electron chi connectivity index (χ1n) is 4.16. The number of anilines is 1. The SMILES string of the molecule is CC(=O)Nc1c(C)cc(Br)c(C)c1Cl. The van der Waals surface area contributed by atoms with Crippen LogP contribution in [0.3, 0.4) is 0 Å². The standard InChI is InChI=1S/C10H11BrClNO/c1-5-4-8(11)6(2)9(12)10(5)13-7(3)14/h4H,1-3H3,(H,13,14). The summed E-state index contributed by atoms with van der Waals surface area (Å²) in [5.41, 5.74) is 2.57. The van der Waals surface area contributed by atoms with Crippen LogP contribution in [0.4, 0.5) is 5.69 Å². The molecule has 4 heteroatoms. The minimum atomic E-state index is -0.114. The minimum Gasteiger partial charge on any atom is -0.325 e. The zero-order valence-corrected chi connectivity index (χ0v) is 10.6. The fourth-order valence-electron chi connectivity index (χ4n) is 1.17. The van der Waals surface area contributed by atoms with Gasteiger partial charge in [-0.05, 0) is 31.0 Å². The first kappa shape index (κ1) is 11.5. The van der Waals surface area contributed by atoms with Crippen LogP contribution in [0.1, 0.15) is 18.1 Å². The van der Waals surface area contributed by atoms with E-state index in [0.717, 1.165) is 15.6 Å². The molecule has 0 spiro atoms. The predicted octanol–water partition coefficient (Wildman–Crippen LogP) is 3.68. The van der Waals surface area contributed by atoms with Gasteiger partial charge in [0.2, 0.25) is 5.91 Å². The van der Waals surface area contributed by atoms with Gasteiger partial charge in [0, 0.05) is 11.4 Å². The third-order valence-corrected chi connectivity index (χ3v) is 3.24. The summed E-state index contributed by atoms with van der Waals surface area (Å²) in [5, 5.41) is 3.31. The second-order valence-electron chi connectivity index (χ2n) is 3.17. The molecule has 0 aliphatic carbocycles. The molecule has 0 radical (unpaired) electrons. The minimum absolute atomic E-state index is 0.114. The van der Waals surface area contributed by atoms with Gasteiger partial charge in [-0.25, -0.2) is 0 Å². The third kappa shape index (κ3) is 2.28. The second-order valence-corrected chi connectivity index (χ2v) is 4.40. The molecule has 1 N–H and O–H groups in total. The number of benzene rings is 1. The van der Waals surface area contributed by atoms with E-state index in [1.54, 1.807) is 0 Å². The van der Waals surface area contributed by atoms with E-state index in [1.807, 2.05) is 19.9 Å². The average Bonchev–Trinajstić information content (AvgIpc) is 2.09. The smallest absolute Gasteiger partial charge is 0.221 e. The van der Waals surface area contributed by atoms with E-state index in [4.69, 9.17) is 11.6 Å². The lowest BCUT2D eigenvalue weighted by molar-refractivity contribution is -0.114. The predicted molar refractivity (Wildman–Crippen MR) is 62.9 cm³/mol. The molecule has 0 heterocycles. The number of carbonyl (C=O) groups excluding carboxylic acids is 1. The lowest BCUT2D eigenvalue weighted by Crippen LogP contribution is -2.08. The topological polar surface area (TPSA) is 29.1 Å². The van der Waals surface area contributed by atoms with E-state index in [2.05, 4.69) is 21.2 Å². The van der Waals surface area contributed by atoms with Crippen LogP contribution >= 0.6 is 27.5 Å². The number of halogens is 2. The van der Waals surface area contributed by atoms with Gasteiger partial charge >= 0.3 is 0 Å². The van der Waals surface area contributed by atoms with Gasteiger partial charge in [0.05, 0.1) is 10.7 Å². The summed E-state index contributed by atoms with van der Waals surface area (Å²) in [6, 6.07) is 1.94. The van der Waals surface area contributed by atoms with Crippen LogP contribution in [0.15, 0.2) is 10.5 Å². The van der Waals surface area contributed by atoms with E-state index >= 15 is 0 Å². The molecule has 0 aliphatic rings. The van der Waals surface area contributed by atoms with Crippen molar-refractivity contribution in [3.05, 3.63) is 26.7 Å². The Kier molecular flexibility index (Phi) is 3.56. The highest BCUT2D eigenvalue weighted by atomic mass is 79.9. The molecule has 1 amide bonds. The van der Waals surface area contributed by atoms with Gasteiger partial charge < -0.3 is 5.32 Å². The van der Waals surface area contributed by atoms with E-state index < -0.39 is 0 Å². The Morgan fingerprint density at radius 2 is 2.07 bits per heavy atom. The van der Waals surface area contributed by atoms with Crippen molar-refractivity contribution in [2.24, 2.45) is 0 Å². The van der Waals surface area contributed by atoms with Crippen molar-refractivity contribution in [2.75, 3.05) is 5.32 Å². The quantitative estimate of drug-likeness (QED) is 0.833. The van der Waals surface area contributed by atoms with Crippen LogP contribution < -0.4 is 5.32 Å². The lowest BCUT2D eigenvalue weighted by Gasteiger charge is -2.12. The van der Waals surface area contributed by atoms with E-state index in [9.17, 15) is 4.79 Å². The van der Waals surface area contributed by atoms with Gasteiger partial charge in [-0.2, -0.15) is 0 Å². The molecule has 0 saturated heterocycles. The Bertz CT molecular complexity index is 390. The Morgan fingerprint density at radius 3 is 2.57 bits per heavy atom. The van der Waals surface area contributed by atoms with Crippen molar-refractivity contribution in [3.8, 4) is 0 Å². The summed E-state index contributed by atoms with van der Waals surface area (Å²) in [6.45, 7) is 5.27. The number of carbonyl (C=O) groups is 1. The Morgan fingerprint density at radius 1 is 1.50 bits per heavy atom. The molecule has 0 bridgehead atoms. The van der Waals surface area contributed by atoms with E-state index in [-0.39, 0.29) is 5.91 Å². The van der Waals surface area contributed by atoms with Crippen LogP contribution in [0.25, 0.3) is 0 Å². The zero-order chi connectivity index (χ0) is 10.9. The fraction of sp³-hybridized carbons (Fsp3) is 0.300. The van der Waals surface area contributed by atoms with Gasteiger partial charge in [-0.1, -0.05) is 27.5 Å². The zero-order valence-electron chi connectivity index (χ0n) is 8.24. The molecule has 0 aliphatic heterocycles. The summed E-state index contributed by atoms with van der Waals surface area (Å²) < 4.78 is 0.953. The molecular formula is C10H11BrClNO. The van der Waals surface area contributed by atoms with Gasteiger partial charge in [0.1, 0.15) is 0 Å². The first-order valence-corrected chi connectivity index (χ1v) is 5.33.